The molecule has 2 aliphatic carbocycles. The Morgan fingerprint density at radius 1 is 0.202 bits per heavy atom. The van der Waals surface area contributed by atoms with Crippen LogP contribution in [-0.2, 0) is 10.8 Å². The zero-order valence-electron chi connectivity index (χ0n) is 63.6. The molecule has 114 heavy (non-hydrogen) atoms. The van der Waals surface area contributed by atoms with E-state index in [1.54, 1.807) is 0 Å². The van der Waals surface area contributed by atoms with Crippen LogP contribution in [0.3, 0.4) is 0 Å². The number of furan rings is 2. The molecule has 0 fully saturated rings. The maximum atomic E-state index is 6.14. The van der Waals surface area contributed by atoms with Crippen molar-refractivity contribution in [1.29, 1.82) is 0 Å². The number of aromatic nitrogens is 2. The second kappa shape index (κ2) is 26.1. The molecule has 6 heteroatoms. The highest BCUT2D eigenvalue weighted by Gasteiger charge is 2.38. The van der Waals surface area contributed by atoms with E-state index < -0.39 is 0 Å². The third-order valence-corrected chi connectivity index (χ3v) is 24.4. The molecule has 0 atom stereocenters. The molecule has 6 nitrogen and oxygen atoms in total. The fourth-order valence-electron chi connectivity index (χ4n) is 18.7. The lowest BCUT2D eigenvalue weighted by molar-refractivity contribution is 0.660. The summed E-state index contributed by atoms with van der Waals surface area (Å²) in [7, 11) is 0. The number of hydrogen-bond donors (Lipinski definition) is 0. The van der Waals surface area contributed by atoms with Crippen LogP contribution < -0.4 is 9.80 Å². The second-order valence-electron chi connectivity index (χ2n) is 31.5. The Morgan fingerprint density at radius 3 is 0.956 bits per heavy atom. The van der Waals surface area contributed by atoms with Crippen LogP contribution in [0.25, 0.3) is 154 Å². The maximum absolute atomic E-state index is 6.14. The molecule has 0 amide bonds. The highest BCUT2D eigenvalue weighted by molar-refractivity contribution is 6.13. The van der Waals surface area contributed by atoms with Crippen LogP contribution >= 0.6 is 0 Å². The van der Waals surface area contributed by atoms with E-state index in [4.69, 9.17) is 8.83 Å². The number of para-hydroxylation sites is 6. The molecule has 0 N–H and O–H groups in total. The van der Waals surface area contributed by atoms with Crippen molar-refractivity contribution in [2.24, 2.45) is 0 Å². The number of hydrogen-bond acceptors (Lipinski definition) is 4. The van der Waals surface area contributed by atoms with Gasteiger partial charge in [-0.2, -0.15) is 0 Å². The SMILES string of the molecule is CC1(C)c2ccccc2-c2ccc(N(c3ccc(-c4ccc5oc6ccccc6c5c4)cc3)c3ccc(-c4ccc5c(c4)c4ccccc4n5-c4ccccc4)cc3)cc21.CC1(C)c2ccccc2-c2ccc(N(c3ccc(-c4ccc5oc6ccccc6c5c4)cc3)c3ccc4c(c3)c3ccccc3n4-c3ccccc3)cc21. The van der Waals surface area contributed by atoms with Gasteiger partial charge < -0.3 is 27.8 Å². The van der Waals surface area contributed by atoms with Crippen LogP contribution in [0.1, 0.15) is 49.9 Å². The van der Waals surface area contributed by atoms with Crippen molar-refractivity contribution in [3.63, 3.8) is 0 Å². The van der Waals surface area contributed by atoms with Gasteiger partial charge in [0.2, 0.25) is 0 Å². The summed E-state index contributed by atoms with van der Waals surface area (Å²) in [6.45, 7) is 9.41. The molecule has 0 bridgehead atoms. The summed E-state index contributed by atoms with van der Waals surface area (Å²) in [4.78, 5) is 4.82. The average molecular weight is 1460 g/mol. The van der Waals surface area contributed by atoms with E-state index in [1.807, 2.05) is 24.3 Å². The van der Waals surface area contributed by atoms with Crippen molar-refractivity contribution >= 4 is 122 Å². The van der Waals surface area contributed by atoms with E-state index in [-0.39, 0.29) is 10.8 Å². The van der Waals surface area contributed by atoms with Crippen molar-refractivity contribution in [1.82, 2.24) is 9.13 Å². The van der Waals surface area contributed by atoms with Crippen LogP contribution in [0.5, 0.6) is 0 Å². The smallest absolute Gasteiger partial charge is 0.135 e. The predicted octanol–water partition coefficient (Wildman–Crippen LogP) is 29.9. The van der Waals surface area contributed by atoms with Gasteiger partial charge in [-0.1, -0.05) is 252 Å². The monoisotopic (exact) mass is 1460 g/mol. The van der Waals surface area contributed by atoms with Crippen LogP contribution in [0, 0.1) is 0 Å². The van der Waals surface area contributed by atoms with E-state index in [9.17, 15) is 0 Å². The minimum Gasteiger partial charge on any atom is -0.456 e. The fourth-order valence-corrected chi connectivity index (χ4v) is 18.7. The van der Waals surface area contributed by atoms with Crippen molar-refractivity contribution in [3.8, 4) is 67.0 Å². The van der Waals surface area contributed by atoms with Crippen molar-refractivity contribution in [3.05, 3.63) is 411 Å². The molecular formula is C108H76N4O2. The van der Waals surface area contributed by atoms with Gasteiger partial charge in [-0.3, -0.25) is 0 Å². The number of anilines is 6. The lowest BCUT2D eigenvalue weighted by atomic mass is 9.82. The molecule has 0 unspecified atom stereocenters. The number of fused-ring (bicyclic) bond motifs is 18. The van der Waals surface area contributed by atoms with Gasteiger partial charge in [-0.15, -0.1) is 0 Å². The molecule has 0 saturated carbocycles. The molecule has 23 rings (SSSR count). The Balaban J connectivity index is 0.000000140. The summed E-state index contributed by atoms with van der Waals surface area (Å²) >= 11 is 0. The summed E-state index contributed by atoms with van der Waals surface area (Å²) in [6, 6.07) is 141. The summed E-state index contributed by atoms with van der Waals surface area (Å²) < 4.78 is 17.0. The lowest BCUT2D eigenvalue weighted by Crippen LogP contribution is -2.16. The Hall–Kier alpha value is -14.5. The standard InChI is InChI=1S/C57H40N2O.C51H36N2O/c1-57(2)51-17-9-6-14-45(51)46-31-30-44(36-52(46)57)58(43-28-22-38(23-29-43)40-25-33-56-50(35-40)48-16-8-11-19-55(48)60-56)42-26-20-37(21-27-42)39-24-32-54-49(34-39)47-15-7-10-18-53(47)59(54)41-12-4-3-5-13-41;1-51(2)45-17-9-6-14-39(45)40-27-25-38(32-46(40)51)52(36-23-20-33(21-24-36)34-22-29-50-44(30-34)42-16-8-11-19-49(42)54-50)37-26-28-48-43(31-37)41-15-7-10-18-47(41)53(48)35-12-4-3-5-13-35/h3-36H,1-2H3;3-32H,1-2H3. The summed E-state index contributed by atoms with van der Waals surface area (Å²) in [6.07, 6.45) is 0. The first-order chi connectivity index (χ1) is 56.0. The Kier molecular flexibility index (Phi) is 15.2. The first-order valence-corrected chi connectivity index (χ1v) is 39.4. The maximum Gasteiger partial charge on any atom is 0.135 e. The van der Waals surface area contributed by atoms with Gasteiger partial charge >= 0.3 is 0 Å². The number of rotatable bonds is 11. The van der Waals surface area contributed by atoms with E-state index in [2.05, 4.69) is 411 Å². The van der Waals surface area contributed by atoms with Crippen LogP contribution in [0.4, 0.5) is 34.1 Å². The Morgan fingerprint density at radius 2 is 0.500 bits per heavy atom. The zero-order valence-corrected chi connectivity index (χ0v) is 63.6. The third-order valence-electron chi connectivity index (χ3n) is 24.4. The van der Waals surface area contributed by atoms with Gasteiger partial charge in [0, 0.05) is 99.4 Å². The van der Waals surface area contributed by atoms with Crippen LogP contribution in [0.2, 0.25) is 0 Å². The predicted molar refractivity (Wildman–Crippen MR) is 477 cm³/mol. The summed E-state index contributed by atoms with van der Waals surface area (Å²) in [5, 5.41) is 9.52. The molecule has 0 saturated heterocycles. The largest absolute Gasteiger partial charge is 0.456 e. The van der Waals surface area contributed by atoms with E-state index in [1.165, 1.54) is 110 Å². The molecule has 4 aromatic heterocycles. The lowest BCUT2D eigenvalue weighted by Gasteiger charge is -2.28. The molecule has 4 heterocycles. The zero-order chi connectivity index (χ0) is 75.9. The normalized spacial score (nSPS) is 13.1. The van der Waals surface area contributed by atoms with Gasteiger partial charge in [0.15, 0.2) is 0 Å². The van der Waals surface area contributed by atoms with Crippen LogP contribution in [0.15, 0.2) is 397 Å². The molecule has 17 aromatic carbocycles. The topological polar surface area (TPSA) is 42.6 Å². The highest BCUT2D eigenvalue weighted by atomic mass is 16.3. The molecular weight excluding hydrogens is 1390 g/mol. The number of nitrogens with zero attached hydrogens (tertiary/aromatic N) is 4. The van der Waals surface area contributed by atoms with Crippen molar-refractivity contribution in [2.45, 2.75) is 38.5 Å². The molecule has 21 aromatic rings. The summed E-state index contributed by atoms with van der Waals surface area (Å²) in [5.74, 6) is 0. The highest BCUT2D eigenvalue weighted by Crippen LogP contribution is 2.54. The molecule has 0 spiro atoms. The van der Waals surface area contributed by atoms with Gasteiger partial charge in [0.1, 0.15) is 22.3 Å². The third kappa shape index (κ3) is 10.7. The van der Waals surface area contributed by atoms with Gasteiger partial charge in [-0.25, -0.2) is 0 Å². The van der Waals surface area contributed by atoms with E-state index >= 15 is 0 Å². The molecule has 2 aliphatic rings. The number of benzene rings is 17. The average Bonchev–Trinajstić information content (AvgIpc) is 1.51. The van der Waals surface area contributed by atoms with E-state index in [0.717, 1.165) is 100 Å². The van der Waals surface area contributed by atoms with Gasteiger partial charge in [0.25, 0.3) is 0 Å². The molecule has 0 aliphatic heterocycles. The minimum absolute atomic E-state index is 0.111. The first-order valence-electron chi connectivity index (χ1n) is 39.4. The minimum atomic E-state index is -0.112. The quantitative estimate of drug-likeness (QED) is 0.129. The van der Waals surface area contributed by atoms with Crippen LogP contribution in [-0.4, -0.2) is 9.13 Å². The van der Waals surface area contributed by atoms with Gasteiger partial charge in [-0.05, 0) is 242 Å². The molecule has 540 valence electrons. The van der Waals surface area contributed by atoms with Gasteiger partial charge in [0.05, 0.1) is 22.1 Å². The van der Waals surface area contributed by atoms with Crippen molar-refractivity contribution in [2.75, 3.05) is 9.80 Å². The first kappa shape index (κ1) is 66.5. The van der Waals surface area contributed by atoms with Crippen molar-refractivity contribution < 1.29 is 8.83 Å². The fraction of sp³-hybridized carbons (Fsp3) is 0.0556. The Labute approximate surface area is 661 Å². The summed E-state index contributed by atoms with van der Waals surface area (Å²) in [5.41, 5.74) is 35.1. The second-order valence-corrected chi connectivity index (χ2v) is 31.5. The van der Waals surface area contributed by atoms with E-state index in [0.29, 0.717) is 0 Å². The molecule has 0 radical (unpaired) electrons. The Bertz CT molecular complexity index is 7400.